The van der Waals surface area contributed by atoms with E-state index in [0.717, 1.165) is 11.6 Å². The van der Waals surface area contributed by atoms with Gasteiger partial charge in [-0.3, -0.25) is 14.9 Å². The Hall–Kier alpha value is -3.88. The predicted molar refractivity (Wildman–Crippen MR) is 102 cm³/mol. The van der Waals surface area contributed by atoms with E-state index in [1.165, 1.54) is 25.1 Å². The lowest BCUT2D eigenvalue weighted by Crippen LogP contribution is -2.35. The Labute approximate surface area is 166 Å². The lowest BCUT2D eigenvalue weighted by atomic mass is 10.1. The van der Waals surface area contributed by atoms with Crippen LogP contribution in [-0.4, -0.2) is 29.7 Å². The number of nitrogens with zero attached hydrogens (tertiary/aromatic N) is 1. The molecular weight excluding hydrogens is 380 g/mol. The summed E-state index contributed by atoms with van der Waals surface area (Å²) < 4.78 is 15.4. The fraction of sp³-hybridized carbons (Fsp3) is 0.200. The molecule has 1 aliphatic heterocycles. The van der Waals surface area contributed by atoms with Crippen LogP contribution in [0.1, 0.15) is 18.1 Å². The average molecular weight is 398 g/mol. The van der Waals surface area contributed by atoms with E-state index in [9.17, 15) is 19.7 Å². The van der Waals surface area contributed by atoms with E-state index in [-0.39, 0.29) is 23.8 Å². The normalized spacial score (nSPS) is 13.1. The van der Waals surface area contributed by atoms with Gasteiger partial charge in [-0.25, -0.2) is 4.79 Å². The number of nitro benzene ring substituents is 1. The molecule has 1 N–H and O–H groups in total. The molecule has 0 saturated heterocycles. The maximum Gasteiger partial charge on any atom is 0.331 e. The van der Waals surface area contributed by atoms with Crippen LogP contribution in [0, 0.1) is 10.1 Å². The monoisotopic (exact) mass is 398 g/mol. The van der Waals surface area contributed by atoms with Crippen LogP contribution in [-0.2, 0) is 20.9 Å². The molecule has 0 radical (unpaired) electrons. The molecule has 1 heterocycles. The van der Waals surface area contributed by atoms with Gasteiger partial charge in [0.1, 0.15) is 0 Å². The smallest absolute Gasteiger partial charge is 0.331 e. The summed E-state index contributed by atoms with van der Waals surface area (Å²) in [4.78, 5) is 34.7. The molecule has 0 spiro atoms. The van der Waals surface area contributed by atoms with Crippen molar-refractivity contribution in [3.05, 3.63) is 69.8 Å². The predicted octanol–water partition coefficient (Wildman–Crippen LogP) is 2.58. The van der Waals surface area contributed by atoms with Crippen molar-refractivity contribution in [1.82, 2.24) is 5.32 Å². The lowest BCUT2D eigenvalue weighted by Gasteiger charge is -2.12. The minimum absolute atomic E-state index is 0.0305. The molecular formula is C20H18N2O7. The van der Waals surface area contributed by atoms with Crippen LogP contribution < -0.4 is 14.8 Å². The number of rotatable bonds is 7. The summed E-state index contributed by atoms with van der Waals surface area (Å²) in [7, 11) is 0. The third kappa shape index (κ3) is 5.10. The van der Waals surface area contributed by atoms with Crippen LogP contribution in [0.4, 0.5) is 5.69 Å². The molecule has 3 rings (SSSR count). The maximum atomic E-state index is 12.1. The number of esters is 1. The van der Waals surface area contributed by atoms with Crippen LogP contribution in [0.15, 0.2) is 48.5 Å². The van der Waals surface area contributed by atoms with Gasteiger partial charge in [0.25, 0.3) is 11.6 Å². The summed E-state index contributed by atoms with van der Waals surface area (Å²) in [5, 5.41) is 13.9. The van der Waals surface area contributed by atoms with Gasteiger partial charge in [-0.15, -0.1) is 0 Å². The molecule has 2 aromatic carbocycles. The summed E-state index contributed by atoms with van der Waals surface area (Å²) in [6.07, 6.45) is 1.23. The average Bonchev–Trinajstić information content (AvgIpc) is 3.17. The zero-order chi connectivity index (χ0) is 20.8. The summed E-state index contributed by atoms with van der Waals surface area (Å²) in [5.74, 6) is -0.651. The Kier molecular flexibility index (Phi) is 6.08. The largest absolute Gasteiger partial charge is 0.454 e. The van der Waals surface area contributed by atoms with E-state index in [2.05, 4.69) is 5.32 Å². The zero-order valence-electron chi connectivity index (χ0n) is 15.5. The van der Waals surface area contributed by atoms with Crippen molar-refractivity contribution >= 4 is 23.6 Å². The highest BCUT2D eigenvalue weighted by Gasteiger charge is 2.22. The molecule has 0 aromatic heterocycles. The van der Waals surface area contributed by atoms with Gasteiger partial charge in [-0.2, -0.15) is 0 Å². The standard InChI is InChI=1S/C20H18N2O7/c1-13(20(24)21-11-14-5-3-2-4-6-14)29-19(23)8-7-15-9-17-18(28-12-27-17)10-16(15)22(25)26/h2-10,13H,11-12H2,1H3,(H,21,24)/b8-7+/t13-/m1/s1. The Morgan fingerprint density at radius 1 is 1.24 bits per heavy atom. The first-order valence-electron chi connectivity index (χ1n) is 8.72. The quantitative estimate of drug-likeness (QED) is 0.330. The maximum absolute atomic E-state index is 12.1. The molecule has 9 nitrogen and oxygen atoms in total. The van der Waals surface area contributed by atoms with E-state index >= 15 is 0 Å². The first kappa shape index (κ1) is 19.9. The molecule has 0 aliphatic carbocycles. The number of nitro groups is 1. The Bertz CT molecular complexity index is 957. The number of fused-ring (bicyclic) bond motifs is 1. The molecule has 2 aromatic rings. The van der Waals surface area contributed by atoms with Gasteiger partial charge in [-0.05, 0) is 24.6 Å². The molecule has 1 amide bonds. The molecule has 9 heteroatoms. The van der Waals surface area contributed by atoms with Gasteiger partial charge in [0.05, 0.1) is 16.6 Å². The Morgan fingerprint density at radius 3 is 2.62 bits per heavy atom. The van der Waals surface area contributed by atoms with E-state index in [4.69, 9.17) is 14.2 Å². The number of ether oxygens (including phenoxy) is 3. The van der Waals surface area contributed by atoms with Crippen molar-refractivity contribution in [1.29, 1.82) is 0 Å². The van der Waals surface area contributed by atoms with Crippen LogP contribution in [0.5, 0.6) is 11.5 Å². The fourth-order valence-electron chi connectivity index (χ4n) is 2.59. The highest BCUT2D eigenvalue weighted by Crippen LogP contribution is 2.38. The number of amides is 1. The third-order valence-electron chi connectivity index (χ3n) is 4.09. The van der Waals surface area contributed by atoms with Crippen LogP contribution in [0.3, 0.4) is 0 Å². The Morgan fingerprint density at radius 2 is 1.93 bits per heavy atom. The fourth-order valence-corrected chi connectivity index (χ4v) is 2.59. The minimum atomic E-state index is -1.03. The number of hydrogen-bond acceptors (Lipinski definition) is 7. The van der Waals surface area contributed by atoms with Crippen LogP contribution in [0.2, 0.25) is 0 Å². The highest BCUT2D eigenvalue weighted by molar-refractivity contribution is 5.91. The van der Waals surface area contributed by atoms with Crippen molar-refractivity contribution in [3.8, 4) is 11.5 Å². The summed E-state index contributed by atoms with van der Waals surface area (Å²) in [5.41, 5.74) is 0.818. The van der Waals surface area contributed by atoms with Crippen molar-refractivity contribution < 1.29 is 28.7 Å². The van der Waals surface area contributed by atoms with E-state index in [0.29, 0.717) is 12.3 Å². The molecule has 0 saturated carbocycles. The molecule has 29 heavy (non-hydrogen) atoms. The van der Waals surface area contributed by atoms with Gasteiger partial charge in [0.2, 0.25) is 6.79 Å². The number of carbonyl (C=O) groups excluding carboxylic acids is 2. The first-order valence-corrected chi connectivity index (χ1v) is 8.72. The highest BCUT2D eigenvalue weighted by atomic mass is 16.7. The van der Waals surface area contributed by atoms with Gasteiger partial charge >= 0.3 is 5.97 Å². The molecule has 0 unspecified atom stereocenters. The van der Waals surface area contributed by atoms with E-state index < -0.39 is 22.9 Å². The van der Waals surface area contributed by atoms with E-state index in [1.54, 1.807) is 0 Å². The number of benzene rings is 2. The molecule has 1 aliphatic rings. The zero-order valence-corrected chi connectivity index (χ0v) is 15.5. The van der Waals surface area contributed by atoms with Crippen molar-refractivity contribution in [2.45, 2.75) is 19.6 Å². The van der Waals surface area contributed by atoms with Crippen molar-refractivity contribution in [2.24, 2.45) is 0 Å². The van der Waals surface area contributed by atoms with Crippen LogP contribution in [0.25, 0.3) is 6.08 Å². The van der Waals surface area contributed by atoms with Crippen molar-refractivity contribution in [3.63, 3.8) is 0 Å². The Balaban J connectivity index is 1.59. The molecule has 0 fully saturated rings. The second kappa shape index (κ2) is 8.87. The summed E-state index contributed by atoms with van der Waals surface area (Å²) >= 11 is 0. The second-order valence-electron chi connectivity index (χ2n) is 6.14. The van der Waals surface area contributed by atoms with Gasteiger partial charge in [-0.1, -0.05) is 30.3 Å². The number of carbonyl (C=O) groups is 2. The summed E-state index contributed by atoms with van der Waals surface area (Å²) in [6.45, 7) is 1.72. The SMILES string of the molecule is C[C@@H](OC(=O)/C=C/c1cc2c(cc1[N+](=O)[O-])OCO2)C(=O)NCc1ccccc1. The first-order chi connectivity index (χ1) is 13.9. The van der Waals surface area contributed by atoms with Gasteiger partial charge < -0.3 is 19.5 Å². The van der Waals surface area contributed by atoms with Crippen LogP contribution >= 0.6 is 0 Å². The lowest BCUT2D eigenvalue weighted by molar-refractivity contribution is -0.385. The third-order valence-corrected chi connectivity index (χ3v) is 4.09. The molecule has 0 bridgehead atoms. The van der Waals surface area contributed by atoms with Gasteiger partial charge in [0, 0.05) is 12.6 Å². The van der Waals surface area contributed by atoms with Crippen molar-refractivity contribution in [2.75, 3.05) is 6.79 Å². The molecule has 150 valence electrons. The molecule has 1 atom stereocenters. The van der Waals surface area contributed by atoms with E-state index in [1.807, 2.05) is 30.3 Å². The number of hydrogen-bond donors (Lipinski definition) is 1. The second-order valence-corrected chi connectivity index (χ2v) is 6.14. The topological polar surface area (TPSA) is 117 Å². The summed E-state index contributed by atoms with van der Waals surface area (Å²) in [6, 6.07) is 11.9. The number of nitrogens with one attached hydrogen (secondary N) is 1. The van der Waals surface area contributed by atoms with Gasteiger partial charge in [0.15, 0.2) is 17.6 Å². The minimum Gasteiger partial charge on any atom is -0.454 e.